The van der Waals surface area contributed by atoms with Gasteiger partial charge in [0.25, 0.3) is 0 Å². The number of hydrogen-bond donors (Lipinski definition) is 2. The quantitative estimate of drug-likeness (QED) is 0.764. The third-order valence-corrected chi connectivity index (χ3v) is 2.72. The second kappa shape index (κ2) is 7.00. The van der Waals surface area contributed by atoms with Crippen molar-refractivity contribution >= 4 is 29.0 Å². The molecule has 0 saturated heterocycles. The average Bonchev–Trinajstić information content (AvgIpc) is 2.35. The summed E-state index contributed by atoms with van der Waals surface area (Å²) in [5.41, 5.74) is 6.09. The minimum Gasteiger partial charge on any atom is -0.394 e. The lowest BCUT2D eigenvalue weighted by Gasteiger charge is -2.18. The van der Waals surface area contributed by atoms with Crippen LogP contribution in [0, 0.1) is 0 Å². The highest BCUT2D eigenvalue weighted by Crippen LogP contribution is 2.15. The van der Waals surface area contributed by atoms with Crippen LogP contribution in [0.5, 0.6) is 0 Å². The van der Waals surface area contributed by atoms with Gasteiger partial charge in [0.15, 0.2) is 5.82 Å². The maximum absolute atomic E-state index is 11.7. The van der Waals surface area contributed by atoms with Crippen LogP contribution in [0.2, 0.25) is 5.28 Å². The number of nitrogens with two attached hydrogens (primary N) is 1. The topological polar surface area (TPSA) is 84.1 Å². The highest BCUT2D eigenvalue weighted by molar-refractivity contribution is 6.28. The molecule has 0 aliphatic carbocycles. The van der Waals surface area contributed by atoms with Crippen molar-refractivity contribution in [2.75, 3.05) is 30.7 Å². The van der Waals surface area contributed by atoms with Crippen LogP contribution < -0.4 is 11.1 Å². The predicted octanol–water partition coefficient (Wildman–Crippen LogP) is 1.38. The van der Waals surface area contributed by atoms with Crippen molar-refractivity contribution in [3.8, 4) is 0 Å². The van der Waals surface area contributed by atoms with Gasteiger partial charge in [-0.25, -0.2) is 4.98 Å². The highest BCUT2D eigenvalue weighted by atomic mass is 35.5. The van der Waals surface area contributed by atoms with Crippen molar-refractivity contribution in [1.29, 1.82) is 0 Å². The molecule has 1 aromatic rings. The summed E-state index contributed by atoms with van der Waals surface area (Å²) in [5, 5.41) is 3.11. The third kappa shape index (κ3) is 4.03. The van der Waals surface area contributed by atoms with Gasteiger partial charge >= 0.3 is 0 Å². The molecular formula is C11H18ClN5O. The van der Waals surface area contributed by atoms with E-state index in [1.807, 2.05) is 13.8 Å². The summed E-state index contributed by atoms with van der Waals surface area (Å²) in [6.07, 6.45) is 1.83. The molecule has 0 aromatic carbocycles. The molecule has 0 bridgehead atoms. The van der Waals surface area contributed by atoms with E-state index in [-0.39, 0.29) is 11.2 Å². The van der Waals surface area contributed by atoms with Crippen LogP contribution in [0.25, 0.3) is 0 Å². The second-order valence-corrected chi connectivity index (χ2v) is 4.02. The Morgan fingerprint density at radius 3 is 2.78 bits per heavy atom. The van der Waals surface area contributed by atoms with E-state index in [0.717, 1.165) is 13.1 Å². The van der Waals surface area contributed by atoms with Crippen LogP contribution in [0.1, 0.15) is 20.3 Å². The molecule has 1 heterocycles. The molecule has 6 nitrogen and oxygen atoms in total. The van der Waals surface area contributed by atoms with Crippen LogP contribution in [-0.4, -0.2) is 40.4 Å². The average molecular weight is 272 g/mol. The number of nitrogens with one attached hydrogen (secondary N) is 1. The molecule has 0 unspecified atom stereocenters. The molecule has 0 aliphatic heterocycles. The molecule has 0 saturated carbocycles. The molecule has 0 aliphatic rings. The van der Waals surface area contributed by atoms with Gasteiger partial charge in [0.05, 0.1) is 11.9 Å². The Kier molecular flexibility index (Phi) is 5.64. The van der Waals surface area contributed by atoms with Crippen LogP contribution >= 0.6 is 11.6 Å². The molecule has 18 heavy (non-hydrogen) atoms. The van der Waals surface area contributed by atoms with E-state index < -0.39 is 0 Å². The predicted molar refractivity (Wildman–Crippen MR) is 72.5 cm³/mol. The normalized spacial score (nSPS) is 10.2. The summed E-state index contributed by atoms with van der Waals surface area (Å²) in [7, 11) is 0. The number of carbonyl (C=O) groups is 1. The fraction of sp³-hybridized carbons (Fsp3) is 0.545. The van der Waals surface area contributed by atoms with Gasteiger partial charge in [-0.3, -0.25) is 4.79 Å². The Labute approximate surface area is 112 Å². The Hall–Kier alpha value is -1.56. The summed E-state index contributed by atoms with van der Waals surface area (Å²) < 4.78 is 0. The Balaban J connectivity index is 2.46. The number of rotatable bonds is 6. The van der Waals surface area contributed by atoms with Crippen molar-refractivity contribution in [2.24, 2.45) is 0 Å². The fourth-order valence-electron chi connectivity index (χ4n) is 1.53. The van der Waals surface area contributed by atoms with E-state index in [2.05, 4.69) is 15.3 Å². The van der Waals surface area contributed by atoms with Crippen molar-refractivity contribution in [1.82, 2.24) is 14.9 Å². The van der Waals surface area contributed by atoms with Gasteiger partial charge in [-0.05, 0) is 25.4 Å². The maximum Gasteiger partial charge on any atom is 0.224 e. The molecule has 0 radical (unpaired) electrons. The Bertz CT molecular complexity index is 408. The SMILES string of the molecule is CCN(CC)C(=O)CCNc1nc(Cl)ncc1N. The lowest BCUT2D eigenvalue weighted by atomic mass is 10.3. The maximum atomic E-state index is 11.7. The molecule has 1 aromatic heterocycles. The fourth-order valence-corrected chi connectivity index (χ4v) is 1.67. The second-order valence-electron chi connectivity index (χ2n) is 3.69. The molecule has 1 amide bonds. The molecule has 1 rings (SSSR count). The number of anilines is 2. The number of aromatic nitrogens is 2. The molecule has 0 fully saturated rings. The molecular weight excluding hydrogens is 254 g/mol. The smallest absolute Gasteiger partial charge is 0.224 e. The summed E-state index contributed by atoms with van der Waals surface area (Å²) in [6.45, 7) is 5.81. The number of nitrogen functional groups attached to an aromatic ring is 1. The van der Waals surface area contributed by atoms with Crippen LogP contribution in [0.3, 0.4) is 0 Å². The Morgan fingerprint density at radius 1 is 1.50 bits per heavy atom. The first-order valence-electron chi connectivity index (χ1n) is 5.88. The van der Waals surface area contributed by atoms with Gasteiger partial charge in [0.2, 0.25) is 11.2 Å². The number of carbonyl (C=O) groups excluding carboxylic acids is 1. The zero-order chi connectivity index (χ0) is 13.5. The van der Waals surface area contributed by atoms with E-state index in [1.54, 1.807) is 4.90 Å². The van der Waals surface area contributed by atoms with E-state index in [9.17, 15) is 4.79 Å². The highest BCUT2D eigenvalue weighted by Gasteiger charge is 2.09. The van der Waals surface area contributed by atoms with Crippen LogP contribution in [0.4, 0.5) is 11.5 Å². The largest absolute Gasteiger partial charge is 0.394 e. The molecule has 0 spiro atoms. The number of hydrogen-bond acceptors (Lipinski definition) is 5. The zero-order valence-corrected chi connectivity index (χ0v) is 11.4. The van der Waals surface area contributed by atoms with E-state index in [1.165, 1.54) is 6.20 Å². The molecule has 7 heteroatoms. The lowest BCUT2D eigenvalue weighted by Crippen LogP contribution is -2.31. The summed E-state index contributed by atoms with van der Waals surface area (Å²) >= 11 is 5.66. The van der Waals surface area contributed by atoms with Crippen molar-refractivity contribution in [3.63, 3.8) is 0 Å². The molecule has 100 valence electrons. The van der Waals surface area contributed by atoms with Gasteiger partial charge in [0.1, 0.15) is 0 Å². The summed E-state index contributed by atoms with van der Waals surface area (Å²) in [5.74, 6) is 0.563. The number of amides is 1. The Morgan fingerprint density at radius 2 is 2.17 bits per heavy atom. The third-order valence-electron chi connectivity index (χ3n) is 2.54. The van der Waals surface area contributed by atoms with Gasteiger partial charge < -0.3 is 16.0 Å². The minimum atomic E-state index is 0.103. The number of nitrogens with zero attached hydrogens (tertiary/aromatic N) is 3. The van der Waals surface area contributed by atoms with E-state index in [0.29, 0.717) is 24.5 Å². The van der Waals surface area contributed by atoms with E-state index in [4.69, 9.17) is 17.3 Å². The van der Waals surface area contributed by atoms with Gasteiger partial charge in [-0.1, -0.05) is 0 Å². The first-order valence-corrected chi connectivity index (χ1v) is 6.25. The lowest BCUT2D eigenvalue weighted by molar-refractivity contribution is -0.130. The van der Waals surface area contributed by atoms with Crippen molar-refractivity contribution in [2.45, 2.75) is 20.3 Å². The van der Waals surface area contributed by atoms with Gasteiger partial charge in [-0.2, -0.15) is 4.98 Å². The monoisotopic (exact) mass is 271 g/mol. The van der Waals surface area contributed by atoms with Crippen molar-refractivity contribution < 1.29 is 4.79 Å². The standard InChI is InChI=1S/C11H18ClN5O/c1-3-17(4-2)9(18)5-6-14-10-8(13)7-15-11(12)16-10/h7H,3-6,13H2,1-2H3,(H,14,15,16). The van der Waals surface area contributed by atoms with Crippen LogP contribution in [-0.2, 0) is 4.79 Å². The molecule has 3 N–H and O–H groups in total. The summed E-state index contributed by atoms with van der Waals surface area (Å²) in [6, 6.07) is 0. The zero-order valence-electron chi connectivity index (χ0n) is 10.6. The summed E-state index contributed by atoms with van der Waals surface area (Å²) in [4.78, 5) is 21.2. The van der Waals surface area contributed by atoms with Crippen LogP contribution in [0.15, 0.2) is 6.20 Å². The van der Waals surface area contributed by atoms with Gasteiger partial charge in [-0.15, -0.1) is 0 Å². The minimum absolute atomic E-state index is 0.103. The van der Waals surface area contributed by atoms with Crippen molar-refractivity contribution in [3.05, 3.63) is 11.5 Å². The van der Waals surface area contributed by atoms with Gasteiger partial charge in [0, 0.05) is 26.1 Å². The number of halogens is 1. The first-order chi connectivity index (χ1) is 8.58. The first kappa shape index (κ1) is 14.5. The molecule has 0 atom stereocenters. The van der Waals surface area contributed by atoms with E-state index >= 15 is 0 Å².